The smallest absolute Gasteiger partial charge is 0.222 e. The Morgan fingerprint density at radius 2 is 2.25 bits per heavy atom. The molecule has 1 unspecified atom stereocenters. The maximum Gasteiger partial charge on any atom is 0.222 e. The molecule has 0 bridgehead atoms. The van der Waals surface area contributed by atoms with Gasteiger partial charge >= 0.3 is 0 Å². The summed E-state index contributed by atoms with van der Waals surface area (Å²) in [6.45, 7) is 2.35. The van der Waals surface area contributed by atoms with E-state index in [1.165, 1.54) is 0 Å². The van der Waals surface area contributed by atoms with Crippen LogP contribution in [-0.2, 0) is 9.59 Å². The lowest BCUT2D eigenvalue weighted by Crippen LogP contribution is -2.34. The molecule has 20 heavy (non-hydrogen) atoms. The van der Waals surface area contributed by atoms with Crippen LogP contribution in [0.25, 0.3) is 0 Å². The fourth-order valence-corrected chi connectivity index (χ4v) is 2.95. The number of carbonyl (C=O) groups excluding carboxylic acids is 2. The minimum absolute atomic E-state index is 0.142. The van der Waals surface area contributed by atoms with Crippen molar-refractivity contribution in [3.05, 3.63) is 12.2 Å². The monoisotopic (exact) mass is 278 g/mol. The number of hydrogen-bond donors (Lipinski definition) is 1. The zero-order valence-electron chi connectivity index (χ0n) is 12.3. The molecule has 0 radical (unpaired) electrons. The minimum atomic E-state index is 0.142. The van der Waals surface area contributed by atoms with Gasteiger partial charge in [0.05, 0.1) is 0 Å². The number of nitrogens with one attached hydrogen (secondary N) is 1. The molecular weight excluding hydrogens is 252 g/mol. The second-order valence-corrected chi connectivity index (χ2v) is 5.86. The Kier molecular flexibility index (Phi) is 6.09. The number of carbonyl (C=O) groups is 2. The normalized spacial score (nSPS) is 22.9. The van der Waals surface area contributed by atoms with E-state index in [2.05, 4.69) is 17.5 Å². The van der Waals surface area contributed by atoms with Crippen LogP contribution in [0.4, 0.5) is 0 Å². The minimum Gasteiger partial charge on any atom is -0.356 e. The van der Waals surface area contributed by atoms with Crippen LogP contribution in [0.1, 0.15) is 51.4 Å². The molecule has 4 heteroatoms. The Bertz CT molecular complexity index is 365. The molecule has 2 rings (SSSR count). The molecule has 1 fully saturated rings. The van der Waals surface area contributed by atoms with Crippen molar-refractivity contribution in [1.29, 1.82) is 0 Å². The molecule has 0 saturated carbocycles. The summed E-state index contributed by atoms with van der Waals surface area (Å²) in [6, 6.07) is 0. The third kappa shape index (κ3) is 4.99. The molecule has 1 N–H and O–H groups in total. The van der Waals surface area contributed by atoms with Crippen LogP contribution in [0.15, 0.2) is 12.2 Å². The lowest BCUT2D eigenvalue weighted by atomic mass is 10.1. The summed E-state index contributed by atoms with van der Waals surface area (Å²) in [6.07, 6.45) is 12.0. The Labute approximate surface area is 121 Å². The van der Waals surface area contributed by atoms with E-state index in [0.717, 1.165) is 51.6 Å². The lowest BCUT2D eigenvalue weighted by molar-refractivity contribution is -0.130. The molecule has 1 atom stereocenters. The average Bonchev–Trinajstić information content (AvgIpc) is 2.84. The summed E-state index contributed by atoms with van der Waals surface area (Å²) < 4.78 is 0. The van der Waals surface area contributed by atoms with E-state index in [-0.39, 0.29) is 11.8 Å². The zero-order chi connectivity index (χ0) is 14.2. The van der Waals surface area contributed by atoms with Gasteiger partial charge in [0.25, 0.3) is 0 Å². The molecule has 0 aromatic heterocycles. The highest BCUT2D eigenvalue weighted by Gasteiger charge is 2.16. The number of amides is 2. The first-order valence-corrected chi connectivity index (χ1v) is 7.97. The molecule has 1 saturated heterocycles. The van der Waals surface area contributed by atoms with Crippen LogP contribution < -0.4 is 5.32 Å². The molecule has 0 aromatic carbocycles. The van der Waals surface area contributed by atoms with E-state index in [0.29, 0.717) is 25.3 Å². The van der Waals surface area contributed by atoms with Gasteiger partial charge in [-0.05, 0) is 38.0 Å². The Morgan fingerprint density at radius 3 is 3.05 bits per heavy atom. The molecule has 1 aliphatic carbocycles. The highest BCUT2D eigenvalue weighted by molar-refractivity contribution is 5.77. The summed E-state index contributed by atoms with van der Waals surface area (Å²) in [4.78, 5) is 25.5. The summed E-state index contributed by atoms with van der Waals surface area (Å²) in [5.41, 5.74) is 0. The zero-order valence-corrected chi connectivity index (χ0v) is 12.3. The van der Waals surface area contributed by atoms with Crippen LogP contribution in [0, 0.1) is 5.92 Å². The topological polar surface area (TPSA) is 49.4 Å². The Balaban J connectivity index is 1.57. The van der Waals surface area contributed by atoms with E-state index in [4.69, 9.17) is 0 Å². The van der Waals surface area contributed by atoms with Crippen LogP contribution in [0.5, 0.6) is 0 Å². The van der Waals surface area contributed by atoms with Gasteiger partial charge in [0.2, 0.25) is 11.8 Å². The van der Waals surface area contributed by atoms with E-state index < -0.39 is 0 Å². The van der Waals surface area contributed by atoms with Gasteiger partial charge in [0.15, 0.2) is 0 Å². The number of nitrogens with zero attached hydrogens (tertiary/aromatic N) is 1. The van der Waals surface area contributed by atoms with Crippen LogP contribution in [0.3, 0.4) is 0 Å². The molecule has 2 amide bonds. The molecular formula is C16H26N2O2. The first-order valence-electron chi connectivity index (χ1n) is 7.97. The number of likely N-dealkylation sites (tertiary alicyclic amines) is 1. The fourth-order valence-electron chi connectivity index (χ4n) is 2.95. The van der Waals surface area contributed by atoms with Crippen LogP contribution in [-0.4, -0.2) is 36.3 Å². The summed E-state index contributed by atoms with van der Waals surface area (Å²) >= 11 is 0. The quantitative estimate of drug-likeness (QED) is 0.598. The van der Waals surface area contributed by atoms with Crippen molar-refractivity contribution in [2.75, 3.05) is 19.6 Å². The van der Waals surface area contributed by atoms with Crippen molar-refractivity contribution < 1.29 is 9.59 Å². The molecule has 2 aliphatic rings. The van der Waals surface area contributed by atoms with Crippen molar-refractivity contribution in [3.8, 4) is 0 Å². The predicted molar refractivity (Wildman–Crippen MR) is 79.2 cm³/mol. The molecule has 0 aromatic rings. The van der Waals surface area contributed by atoms with Gasteiger partial charge in [0.1, 0.15) is 0 Å². The van der Waals surface area contributed by atoms with E-state index >= 15 is 0 Å². The van der Waals surface area contributed by atoms with Gasteiger partial charge in [-0.25, -0.2) is 0 Å². The van der Waals surface area contributed by atoms with Gasteiger partial charge in [-0.15, -0.1) is 0 Å². The second kappa shape index (κ2) is 8.08. The molecule has 112 valence electrons. The van der Waals surface area contributed by atoms with E-state index in [1.807, 2.05) is 4.90 Å². The second-order valence-electron chi connectivity index (χ2n) is 5.86. The summed E-state index contributed by atoms with van der Waals surface area (Å²) in [5.74, 6) is 0.857. The maximum atomic E-state index is 11.8. The Hall–Kier alpha value is -1.32. The van der Waals surface area contributed by atoms with Crippen molar-refractivity contribution in [2.45, 2.75) is 51.4 Å². The highest BCUT2D eigenvalue weighted by atomic mass is 16.2. The SMILES string of the molecule is O=C(CC1C=CCC1)NCCCN1CCCCCC1=O. The fraction of sp³-hybridized carbons (Fsp3) is 0.750. The van der Waals surface area contributed by atoms with Gasteiger partial charge in [-0.3, -0.25) is 9.59 Å². The molecule has 1 heterocycles. The molecule has 1 aliphatic heterocycles. The van der Waals surface area contributed by atoms with Gasteiger partial charge in [-0.2, -0.15) is 0 Å². The van der Waals surface area contributed by atoms with Gasteiger partial charge in [-0.1, -0.05) is 18.6 Å². The van der Waals surface area contributed by atoms with Gasteiger partial charge in [0, 0.05) is 32.5 Å². The number of hydrogen-bond acceptors (Lipinski definition) is 2. The first kappa shape index (κ1) is 15.1. The van der Waals surface area contributed by atoms with Gasteiger partial charge < -0.3 is 10.2 Å². The number of rotatable bonds is 6. The lowest BCUT2D eigenvalue weighted by Gasteiger charge is -2.20. The van der Waals surface area contributed by atoms with Crippen LogP contribution >= 0.6 is 0 Å². The third-order valence-corrected chi connectivity index (χ3v) is 4.16. The largest absolute Gasteiger partial charge is 0.356 e. The van der Waals surface area contributed by atoms with Crippen molar-refractivity contribution in [3.63, 3.8) is 0 Å². The molecule has 0 spiro atoms. The van der Waals surface area contributed by atoms with Crippen molar-refractivity contribution in [1.82, 2.24) is 10.2 Å². The summed E-state index contributed by atoms with van der Waals surface area (Å²) in [7, 11) is 0. The van der Waals surface area contributed by atoms with Crippen LogP contribution in [0.2, 0.25) is 0 Å². The third-order valence-electron chi connectivity index (χ3n) is 4.16. The van der Waals surface area contributed by atoms with E-state index in [9.17, 15) is 9.59 Å². The highest BCUT2D eigenvalue weighted by Crippen LogP contribution is 2.19. The maximum absolute atomic E-state index is 11.8. The van der Waals surface area contributed by atoms with Crippen molar-refractivity contribution >= 4 is 11.8 Å². The molecule has 4 nitrogen and oxygen atoms in total. The number of allylic oxidation sites excluding steroid dienone is 2. The average molecular weight is 278 g/mol. The summed E-state index contributed by atoms with van der Waals surface area (Å²) in [5, 5.41) is 2.97. The first-order chi connectivity index (χ1) is 9.75. The standard InChI is InChI=1S/C16H26N2O2/c19-15(13-14-7-3-4-8-14)17-10-6-12-18-11-5-1-2-9-16(18)20/h3,7,14H,1-2,4-6,8-13H2,(H,17,19). The predicted octanol–water partition coefficient (Wildman–Crippen LogP) is 2.25. The Morgan fingerprint density at radius 1 is 1.35 bits per heavy atom. The van der Waals surface area contributed by atoms with Crippen molar-refractivity contribution in [2.24, 2.45) is 5.92 Å². The van der Waals surface area contributed by atoms with E-state index in [1.54, 1.807) is 0 Å².